The molecule has 0 saturated heterocycles. The molecule has 0 spiro atoms. The van der Waals surface area contributed by atoms with Crippen molar-refractivity contribution in [1.29, 1.82) is 0 Å². The van der Waals surface area contributed by atoms with Crippen LogP contribution in [0.25, 0.3) is 0 Å². The molecule has 2 atom stereocenters. The Morgan fingerprint density at radius 1 is 1.14 bits per heavy atom. The molecule has 14 heavy (non-hydrogen) atoms. The Morgan fingerprint density at radius 3 is 2.57 bits per heavy atom. The summed E-state index contributed by atoms with van der Waals surface area (Å²) in [5.41, 5.74) is 6.82. The van der Waals surface area contributed by atoms with E-state index in [4.69, 9.17) is 5.73 Å². The Balaban J connectivity index is 2.25. The van der Waals surface area contributed by atoms with Gasteiger partial charge in [-0.2, -0.15) is 0 Å². The molecule has 1 aromatic carbocycles. The van der Waals surface area contributed by atoms with Gasteiger partial charge in [-0.05, 0) is 24.5 Å². The molecule has 1 aliphatic carbocycles. The molecule has 0 heterocycles. The summed E-state index contributed by atoms with van der Waals surface area (Å²) in [5.74, 6) is 0.125. The number of halogens is 1. The minimum atomic E-state index is -0.102. The molecule has 0 amide bonds. The van der Waals surface area contributed by atoms with Crippen LogP contribution in [0.15, 0.2) is 24.3 Å². The van der Waals surface area contributed by atoms with Crippen molar-refractivity contribution in [2.24, 2.45) is 5.73 Å². The third-order valence-corrected chi connectivity index (χ3v) is 3.12. The zero-order valence-corrected chi connectivity index (χ0v) is 8.25. The monoisotopic (exact) mass is 193 g/mol. The third-order valence-electron chi connectivity index (χ3n) is 3.12. The van der Waals surface area contributed by atoms with E-state index < -0.39 is 0 Å². The minimum Gasteiger partial charge on any atom is -0.327 e. The normalized spacial score (nSPS) is 27.6. The highest BCUT2D eigenvalue weighted by molar-refractivity contribution is 5.23. The standard InChI is InChI=1S/C12H16FN/c13-11-7-3-1-5-9(11)10-6-2-4-8-12(10)14/h1,3,5,7,10,12H,2,4,6,8,14H2. The van der Waals surface area contributed by atoms with Gasteiger partial charge in [0.05, 0.1) is 0 Å². The molecule has 2 unspecified atom stereocenters. The second kappa shape index (κ2) is 4.09. The Morgan fingerprint density at radius 2 is 1.86 bits per heavy atom. The molecular formula is C12H16FN. The zero-order valence-electron chi connectivity index (χ0n) is 8.25. The number of benzene rings is 1. The fourth-order valence-electron chi connectivity index (χ4n) is 2.32. The molecule has 2 heteroatoms. The summed E-state index contributed by atoms with van der Waals surface area (Å²) in [7, 11) is 0. The average Bonchev–Trinajstić information content (AvgIpc) is 2.20. The summed E-state index contributed by atoms with van der Waals surface area (Å²) in [5, 5.41) is 0. The summed E-state index contributed by atoms with van der Waals surface area (Å²) in [6.45, 7) is 0. The van der Waals surface area contributed by atoms with Gasteiger partial charge in [0.15, 0.2) is 0 Å². The maximum atomic E-state index is 13.5. The molecule has 1 fully saturated rings. The van der Waals surface area contributed by atoms with Gasteiger partial charge in [0.2, 0.25) is 0 Å². The van der Waals surface area contributed by atoms with Gasteiger partial charge in [0.25, 0.3) is 0 Å². The summed E-state index contributed by atoms with van der Waals surface area (Å²) in [4.78, 5) is 0. The van der Waals surface area contributed by atoms with Gasteiger partial charge in [-0.3, -0.25) is 0 Å². The first kappa shape index (κ1) is 9.66. The van der Waals surface area contributed by atoms with E-state index in [1.807, 2.05) is 12.1 Å². The summed E-state index contributed by atoms with van der Waals surface area (Å²) < 4.78 is 13.5. The van der Waals surface area contributed by atoms with Crippen LogP contribution >= 0.6 is 0 Å². The van der Waals surface area contributed by atoms with Crippen molar-refractivity contribution in [3.63, 3.8) is 0 Å². The number of nitrogens with two attached hydrogens (primary N) is 1. The molecule has 1 aliphatic rings. The maximum Gasteiger partial charge on any atom is 0.126 e. The number of hydrogen-bond acceptors (Lipinski definition) is 1. The Bertz CT molecular complexity index is 311. The van der Waals surface area contributed by atoms with E-state index in [1.54, 1.807) is 6.07 Å². The molecular weight excluding hydrogens is 177 g/mol. The average molecular weight is 193 g/mol. The highest BCUT2D eigenvalue weighted by Gasteiger charge is 2.25. The van der Waals surface area contributed by atoms with Crippen LogP contribution in [0.1, 0.15) is 37.2 Å². The quantitative estimate of drug-likeness (QED) is 0.729. The van der Waals surface area contributed by atoms with Gasteiger partial charge in [0.1, 0.15) is 5.82 Å². The van der Waals surface area contributed by atoms with Crippen molar-refractivity contribution in [2.75, 3.05) is 0 Å². The fourth-order valence-corrected chi connectivity index (χ4v) is 2.32. The van der Waals surface area contributed by atoms with E-state index in [0.717, 1.165) is 18.4 Å². The lowest BCUT2D eigenvalue weighted by Gasteiger charge is -2.29. The molecule has 1 nitrogen and oxygen atoms in total. The zero-order chi connectivity index (χ0) is 9.97. The lowest BCUT2D eigenvalue weighted by atomic mass is 9.80. The Hall–Kier alpha value is -0.890. The van der Waals surface area contributed by atoms with E-state index in [0.29, 0.717) is 0 Å². The van der Waals surface area contributed by atoms with Crippen molar-refractivity contribution >= 4 is 0 Å². The largest absolute Gasteiger partial charge is 0.327 e. The second-order valence-electron chi connectivity index (χ2n) is 4.08. The third kappa shape index (κ3) is 1.80. The van der Waals surface area contributed by atoms with Gasteiger partial charge in [-0.15, -0.1) is 0 Å². The molecule has 76 valence electrons. The first-order valence-corrected chi connectivity index (χ1v) is 5.29. The van der Waals surface area contributed by atoms with E-state index in [9.17, 15) is 4.39 Å². The lowest BCUT2D eigenvalue weighted by Crippen LogP contribution is -2.31. The number of rotatable bonds is 1. The van der Waals surface area contributed by atoms with Crippen LogP contribution in [0.2, 0.25) is 0 Å². The SMILES string of the molecule is NC1CCCCC1c1ccccc1F. The van der Waals surface area contributed by atoms with Crippen molar-refractivity contribution in [3.05, 3.63) is 35.6 Å². The minimum absolute atomic E-state index is 0.102. The predicted molar refractivity (Wildman–Crippen MR) is 55.6 cm³/mol. The second-order valence-corrected chi connectivity index (χ2v) is 4.08. The molecule has 0 radical (unpaired) electrons. The fraction of sp³-hybridized carbons (Fsp3) is 0.500. The highest BCUT2D eigenvalue weighted by Crippen LogP contribution is 2.32. The molecule has 2 N–H and O–H groups in total. The highest BCUT2D eigenvalue weighted by atomic mass is 19.1. The Labute approximate surface area is 84.1 Å². The van der Waals surface area contributed by atoms with Crippen molar-refractivity contribution in [1.82, 2.24) is 0 Å². The first-order valence-electron chi connectivity index (χ1n) is 5.29. The van der Waals surface area contributed by atoms with Crippen LogP contribution in [-0.4, -0.2) is 6.04 Å². The van der Waals surface area contributed by atoms with Crippen LogP contribution in [0, 0.1) is 5.82 Å². The first-order chi connectivity index (χ1) is 6.79. The maximum absolute atomic E-state index is 13.5. The topological polar surface area (TPSA) is 26.0 Å². The van der Waals surface area contributed by atoms with Gasteiger partial charge < -0.3 is 5.73 Å². The molecule has 0 bridgehead atoms. The van der Waals surface area contributed by atoms with Crippen molar-refractivity contribution < 1.29 is 4.39 Å². The molecule has 2 rings (SSSR count). The Kier molecular flexibility index (Phi) is 2.82. The van der Waals surface area contributed by atoms with Crippen LogP contribution in [0.5, 0.6) is 0 Å². The van der Waals surface area contributed by atoms with Crippen molar-refractivity contribution in [2.45, 2.75) is 37.6 Å². The van der Waals surface area contributed by atoms with Gasteiger partial charge >= 0.3 is 0 Å². The van der Waals surface area contributed by atoms with Crippen LogP contribution in [0.3, 0.4) is 0 Å². The van der Waals surface area contributed by atoms with Crippen LogP contribution in [-0.2, 0) is 0 Å². The van der Waals surface area contributed by atoms with Gasteiger partial charge in [-0.25, -0.2) is 4.39 Å². The molecule has 0 aromatic heterocycles. The van der Waals surface area contributed by atoms with Gasteiger partial charge in [0, 0.05) is 12.0 Å². The molecule has 1 saturated carbocycles. The smallest absolute Gasteiger partial charge is 0.126 e. The predicted octanol–water partition coefficient (Wildman–Crippen LogP) is 2.81. The van der Waals surface area contributed by atoms with Gasteiger partial charge in [-0.1, -0.05) is 31.0 Å². The van der Waals surface area contributed by atoms with Crippen LogP contribution < -0.4 is 5.73 Å². The lowest BCUT2D eigenvalue weighted by molar-refractivity contribution is 0.376. The number of hydrogen-bond donors (Lipinski definition) is 1. The molecule has 1 aromatic rings. The van der Waals surface area contributed by atoms with E-state index in [2.05, 4.69) is 0 Å². The molecule has 0 aliphatic heterocycles. The summed E-state index contributed by atoms with van der Waals surface area (Å²) in [6, 6.07) is 7.15. The van der Waals surface area contributed by atoms with E-state index in [1.165, 1.54) is 18.9 Å². The summed E-state index contributed by atoms with van der Waals surface area (Å²) in [6.07, 6.45) is 4.42. The summed E-state index contributed by atoms with van der Waals surface area (Å²) >= 11 is 0. The van der Waals surface area contributed by atoms with E-state index in [-0.39, 0.29) is 17.8 Å². The van der Waals surface area contributed by atoms with Crippen LogP contribution in [0.4, 0.5) is 4.39 Å². The van der Waals surface area contributed by atoms with E-state index >= 15 is 0 Å². The van der Waals surface area contributed by atoms with Crippen molar-refractivity contribution in [3.8, 4) is 0 Å².